The Kier molecular flexibility index (Phi) is 4.00. The highest BCUT2D eigenvalue weighted by atomic mass is 16.5. The van der Waals surface area contributed by atoms with Crippen molar-refractivity contribution in [2.24, 2.45) is 5.92 Å². The predicted molar refractivity (Wildman–Crippen MR) is 62.0 cm³/mol. The summed E-state index contributed by atoms with van der Waals surface area (Å²) in [4.78, 5) is 0. The van der Waals surface area contributed by atoms with Gasteiger partial charge in [-0.2, -0.15) is 0 Å². The lowest BCUT2D eigenvalue weighted by Gasteiger charge is -2.37. The van der Waals surface area contributed by atoms with E-state index in [1.54, 1.807) is 0 Å². The Balaban J connectivity index is 1.61. The van der Waals surface area contributed by atoms with Gasteiger partial charge in [-0.1, -0.05) is 6.92 Å². The van der Waals surface area contributed by atoms with Crippen LogP contribution in [0.1, 0.15) is 32.6 Å². The van der Waals surface area contributed by atoms with Crippen LogP contribution in [0.2, 0.25) is 0 Å². The first-order chi connectivity index (χ1) is 7.29. The van der Waals surface area contributed by atoms with Crippen LogP contribution in [-0.4, -0.2) is 38.4 Å². The molecular weight excluding hydrogens is 188 g/mol. The monoisotopic (exact) mass is 212 g/mol. The van der Waals surface area contributed by atoms with E-state index in [2.05, 4.69) is 17.6 Å². The van der Waals surface area contributed by atoms with E-state index in [9.17, 15) is 0 Å². The van der Waals surface area contributed by atoms with Crippen LogP contribution >= 0.6 is 0 Å². The van der Waals surface area contributed by atoms with Crippen molar-refractivity contribution in [3.63, 3.8) is 0 Å². The van der Waals surface area contributed by atoms with E-state index in [1.165, 1.54) is 32.2 Å². The van der Waals surface area contributed by atoms with E-state index in [0.29, 0.717) is 18.2 Å². The van der Waals surface area contributed by atoms with Crippen LogP contribution in [0, 0.1) is 5.92 Å². The number of methoxy groups -OCH3 is 1. The number of hydrogen-bond donors (Lipinski definition) is 2. The summed E-state index contributed by atoms with van der Waals surface area (Å²) in [5.41, 5.74) is 0. The average molecular weight is 212 g/mol. The van der Waals surface area contributed by atoms with Gasteiger partial charge < -0.3 is 15.4 Å². The lowest BCUT2D eigenvalue weighted by Crippen LogP contribution is -2.52. The third-order valence-corrected chi connectivity index (χ3v) is 3.98. The predicted octanol–water partition coefficient (Wildman–Crippen LogP) is 1.14. The molecule has 0 aromatic heterocycles. The SMILES string of the molecule is COC1CC(NCC2NCCCC2C)C1. The third-order valence-electron chi connectivity index (χ3n) is 3.98. The Morgan fingerprint density at radius 2 is 2.20 bits per heavy atom. The van der Waals surface area contributed by atoms with Crippen molar-refractivity contribution in [3.8, 4) is 0 Å². The van der Waals surface area contributed by atoms with Gasteiger partial charge in [0, 0.05) is 25.7 Å². The highest BCUT2D eigenvalue weighted by molar-refractivity contribution is 4.88. The molecule has 3 nitrogen and oxygen atoms in total. The van der Waals surface area contributed by atoms with Crippen LogP contribution in [0.25, 0.3) is 0 Å². The standard InChI is InChI=1S/C12H24N2O/c1-9-4-3-5-13-12(9)8-14-10-6-11(7-10)15-2/h9-14H,3-8H2,1-2H3. The molecule has 1 heterocycles. The van der Waals surface area contributed by atoms with Gasteiger partial charge in [0.05, 0.1) is 6.10 Å². The second kappa shape index (κ2) is 5.28. The molecule has 1 saturated heterocycles. The van der Waals surface area contributed by atoms with Gasteiger partial charge in [-0.25, -0.2) is 0 Å². The second-order valence-electron chi connectivity index (χ2n) is 5.11. The minimum absolute atomic E-state index is 0.513. The molecule has 0 radical (unpaired) electrons. The zero-order valence-electron chi connectivity index (χ0n) is 9.96. The Hall–Kier alpha value is -0.120. The quantitative estimate of drug-likeness (QED) is 0.733. The number of piperidine rings is 1. The maximum Gasteiger partial charge on any atom is 0.0601 e. The minimum atomic E-state index is 0.513. The highest BCUT2D eigenvalue weighted by Crippen LogP contribution is 2.23. The van der Waals surface area contributed by atoms with Crippen molar-refractivity contribution in [3.05, 3.63) is 0 Å². The Morgan fingerprint density at radius 3 is 2.87 bits per heavy atom. The molecule has 2 fully saturated rings. The summed E-state index contributed by atoms with van der Waals surface area (Å²) in [7, 11) is 1.81. The van der Waals surface area contributed by atoms with Crippen molar-refractivity contribution in [2.75, 3.05) is 20.2 Å². The lowest BCUT2D eigenvalue weighted by molar-refractivity contribution is 0.0162. The van der Waals surface area contributed by atoms with Crippen LogP contribution < -0.4 is 10.6 Å². The summed E-state index contributed by atoms with van der Waals surface area (Å²) in [6, 6.07) is 1.38. The third kappa shape index (κ3) is 2.92. The maximum atomic E-state index is 5.27. The van der Waals surface area contributed by atoms with E-state index >= 15 is 0 Å². The molecule has 3 heteroatoms. The molecule has 2 rings (SSSR count). The number of rotatable bonds is 4. The topological polar surface area (TPSA) is 33.3 Å². The summed E-state index contributed by atoms with van der Waals surface area (Å²) < 4.78 is 5.27. The minimum Gasteiger partial charge on any atom is -0.381 e. The summed E-state index contributed by atoms with van der Waals surface area (Å²) in [5.74, 6) is 0.824. The molecule has 2 unspecified atom stereocenters. The van der Waals surface area contributed by atoms with Gasteiger partial charge in [-0.05, 0) is 38.1 Å². The van der Waals surface area contributed by atoms with Crippen molar-refractivity contribution >= 4 is 0 Å². The second-order valence-corrected chi connectivity index (χ2v) is 5.11. The van der Waals surface area contributed by atoms with Gasteiger partial charge in [0.25, 0.3) is 0 Å². The highest BCUT2D eigenvalue weighted by Gasteiger charge is 2.29. The Morgan fingerprint density at radius 1 is 1.40 bits per heavy atom. The molecule has 2 N–H and O–H groups in total. The number of nitrogens with one attached hydrogen (secondary N) is 2. The van der Waals surface area contributed by atoms with Gasteiger partial charge >= 0.3 is 0 Å². The molecular formula is C12H24N2O. The van der Waals surface area contributed by atoms with Gasteiger partial charge in [0.2, 0.25) is 0 Å². The molecule has 2 atom stereocenters. The molecule has 0 aromatic carbocycles. The summed E-state index contributed by atoms with van der Waals surface area (Å²) in [6.45, 7) is 4.68. The molecule has 15 heavy (non-hydrogen) atoms. The molecule has 0 bridgehead atoms. The van der Waals surface area contributed by atoms with Crippen molar-refractivity contribution in [1.82, 2.24) is 10.6 Å². The van der Waals surface area contributed by atoms with E-state index in [4.69, 9.17) is 4.74 Å². The number of hydrogen-bond acceptors (Lipinski definition) is 3. The van der Waals surface area contributed by atoms with Gasteiger partial charge in [0.15, 0.2) is 0 Å². The van der Waals surface area contributed by atoms with Gasteiger partial charge in [0.1, 0.15) is 0 Å². The first-order valence-electron chi connectivity index (χ1n) is 6.29. The van der Waals surface area contributed by atoms with Crippen molar-refractivity contribution < 1.29 is 4.74 Å². The first-order valence-corrected chi connectivity index (χ1v) is 6.29. The van der Waals surface area contributed by atoms with Crippen LogP contribution in [0.3, 0.4) is 0 Å². The molecule has 1 saturated carbocycles. The van der Waals surface area contributed by atoms with Crippen molar-refractivity contribution in [1.29, 1.82) is 0 Å². The fourth-order valence-electron chi connectivity index (χ4n) is 2.61. The normalized spacial score (nSPS) is 41.2. The summed E-state index contributed by atoms with van der Waals surface area (Å²) in [6.07, 6.45) is 5.62. The van der Waals surface area contributed by atoms with Gasteiger partial charge in [-0.15, -0.1) is 0 Å². The summed E-state index contributed by atoms with van der Waals surface area (Å²) >= 11 is 0. The smallest absolute Gasteiger partial charge is 0.0601 e. The molecule has 0 spiro atoms. The molecule has 1 aliphatic carbocycles. The zero-order valence-corrected chi connectivity index (χ0v) is 9.96. The maximum absolute atomic E-state index is 5.27. The van der Waals surface area contributed by atoms with Crippen LogP contribution in [0.4, 0.5) is 0 Å². The van der Waals surface area contributed by atoms with Gasteiger partial charge in [-0.3, -0.25) is 0 Å². The van der Waals surface area contributed by atoms with Crippen LogP contribution in [0.15, 0.2) is 0 Å². The van der Waals surface area contributed by atoms with Crippen LogP contribution in [-0.2, 0) is 4.74 Å². The van der Waals surface area contributed by atoms with Crippen LogP contribution in [0.5, 0.6) is 0 Å². The Bertz CT molecular complexity index is 192. The Labute approximate surface area is 93.0 Å². The van der Waals surface area contributed by atoms with E-state index in [1.807, 2.05) is 7.11 Å². The van der Waals surface area contributed by atoms with E-state index in [-0.39, 0.29) is 0 Å². The molecule has 0 aromatic rings. The molecule has 2 aliphatic rings. The average Bonchev–Trinajstić information content (AvgIpc) is 2.18. The fraction of sp³-hybridized carbons (Fsp3) is 1.00. The summed E-state index contributed by atoms with van der Waals surface area (Å²) in [5, 5.41) is 7.24. The largest absolute Gasteiger partial charge is 0.381 e. The lowest BCUT2D eigenvalue weighted by atomic mass is 9.88. The molecule has 88 valence electrons. The van der Waals surface area contributed by atoms with E-state index < -0.39 is 0 Å². The number of ether oxygens (including phenoxy) is 1. The fourth-order valence-corrected chi connectivity index (χ4v) is 2.61. The van der Waals surface area contributed by atoms with E-state index in [0.717, 1.165) is 12.5 Å². The first kappa shape index (κ1) is 11.4. The van der Waals surface area contributed by atoms with Crippen molar-refractivity contribution in [2.45, 2.75) is 50.8 Å². The molecule has 0 amide bonds. The zero-order chi connectivity index (χ0) is 10.7. The molecule has 1 aliphatic heterocycles.